The number of fused-ring (bicyclic) bond motifs is 2. The van der Waals surface area contributed by atoms with E-state index in [0.717, 1.165) is 16.9 Å². The maximum atomic E-state index is 12.3. The molecule has 1 aromatic heterocycles. The molecular weight excluding hydrogens is 448 g/mol. The van der Waals surface area contributed by atoms with Crippen LogP contribution in [0.2, 0.25) is 0 Å². The minimum Gasteiger partial charge on any atom is -0.497 e. The summed E-state index contributed by atoms with van der Waals surface area (Å²) in [6.45, 7) is 5.99. The van der Waals surface area contributed by atoms with Gasteiger partial charge in [-0.05, 0) is 61.4 Å². The van der Waals surface area contributed by atoms with Gasteiger partial charge in [-0.15, -0.1) is 0 Å². The molecule has 0 bridgehead atoms. The molecule has 2 aromatic rings. The molecule has 2 fully saturated rings. The van der Waals surface area contributed by atoms with Gasteiger partial charge in [0.25, 0.3) is 0 Å². The summed E-state index contributed by atoms with van der Waals surface area (Å²) in [5.41, 5.74) is 2.41. The van der Waals surface area contributed by atoms with E-state index >= 15 is 0 Å². The summed E-state index contributed by atoms with van der Waals surface area (Å²) in [6, 6.07) is 8.49. The Morgan fingerprint density at radius 1 is 1.26 bits per heavy atom. The Labute approximate surface area is 202 Å². The lowest BCUT2D eigenvalue weighted by Gasteiger charge is -2.18. The maximum absolute atomic E-state index is 12.3. The maximum Gasteiger partial charge on any atom is 0.319 e. The second-order valence-electron chi connectivity index (χ2n) is 8.58. The van der Waals surface area contributed by atoms with E-state index < -0.39 is 0 Å². The van der Waals surface area contributed by atoms with Crippen LogP contribution in [0.25, 0.3) is 0 Å². The van der Waals surface area contributed by atoms with Crippen LogP contribution >= 0.6 is 0 Å². The fraction of sp³-hybridized carbons (Fsp3) is 0.269. The van der Waals surface area contributed by atoms with Crippen molar-refractivity contribution >= 4 is 23.4 Å². The molecule has 0 unspecified atom stereocenters. The number of nitrogens with one attached hydrogen (secondary N) is 3. The van der Waals surface area contributed by atoms with Crippen LogP contribution in [0.4, 0.5) is 16.3 Å². The average Bonchev–Trinajstić information content (AvgIpc) is 3.40. The van der Waals surface area contributed by atoms with Crippen molar-refractivity contribution in [3.63, 3.8) is 0 Å². The molecule has 35 heavy (non-hydrogen) atoms. The molecule has 1 aliphatic carbocycles. The lowest BCUT2D eigenvalue weighted by molar-refractivity contribution is -0.116. The number of amides is 3. The van der Waals surface area contributed by atoms with E-state index in [4.69, 9.17) is 14.2 Å². The summed E-state index contributed by atoms with van der Waals surface area (Å²) in [5.74, 6) is 3.29. The first-order valence-corrected chi connectivity index (χ1v) is 11.3. The molecule has 9 heteroatoms. The number of carbonyl (C=O) groups excluding carboxylic acids is 2. The molecule has 5 rings (SSSR count). The van der Waals surface area contributed by atoms with Gasteiger partial charge in [-0.1, -0.05) is 6.58 Å². The Kier molecular flexibility index (Phi) is 5.90. The summed E-state index contributed by atoms with van der Waals surface area (Å²) < 4.78 is 17.1. The third-order valence-corrected chi connectivity index (χ3v) is 6.19. The van der Waals surface area contributed by atoms with Crippen molar-refractivity contribution in [1.29, 1.82) is 0 Å². The molecule has 2 aliphatic heterocycles. The van der Waals surface area contributed by atoms with Crippen LogP contribution in [0, 0.1) is 5.92 Å². The number of anilines is 2. The molecule has 3 N–H and O–H groups in total. The van der Waals surface area contributed by atoms with Crippen LogP contribution in [-0.2, 0) is 16.0 Å². The zero-order chi connectivity index (χ0) is 24.5. The van der Waals surface area contributed by atoms with Crippen LogP contribution in [-0.4, -0.2) is 36.2 Å². The number of ether oxygens (including phenoxy) is 3. The van der Waals surface area contributed by atoms with Crippen LogP contribution in [0.15, 0.2) is 72.4 Å². The second-order valence-corrected chi connectivity index (χ2v) is 8.58. The van der Waals surface area contributed by atoms with Crippen molar-refractivity contribution in [1.82, 2.24) is 10.3 Å². The Morgan fingerprint density at radius 3 is 2.77 bits per heavy atom. The summed E-state index contributed by atoms with van der Waals surface area (Å²) >= 11 is 0. The van der Waals surface area contributed by atoms with Crippen LogP contribution in [0.3, 0.4) is 0 Å². The fourth-order valence-corrected chi connectivity index (χ4v) is 4.30. The molecule has 3 atom stereocenters. The summed E-state index contributed by atoms with van der Waals surface area (Å²) in [7, 11) is 1.59. The lowest BCUT2D eigenvalue weighted by Crippen LogP contribution is -2.33. The molecule has 0 radical (unpaired) electrons. The van der Waals surface area contributed by atoms with Crippen molar-refractivity contribution in [2.24, 2.45) is 5.92 Å². The average molecular weight is 475 g/mol. The van der Waals surface area contributed by atoms with E-state index in [-0.39, 0.29) is 30.0 Å². The van der Waals surface area contributed by atoms with Gasteiger partial charge in [0.05, 0.1) is 19.1 Å². The van der Waals surface area contributed by atoms with E-state index in [0.29, 0.717) is 41.6 Å². The quantitative estimate of drug-likeness (QED) is 0.548. The highest BCUT2D eigenvalue weighted by molar-refractivity contribution is 5.93. The monoisotopic (exact) mass is 474 g/mol. The molecule has 3 heterocycles. The van der Waals surface area contributed by atoms with Crippen molar-refractivity contribution < 1.29 is 23.8 Å². The molecule has 1 saturated heterocycles. The van der Waals surface area contributed by atoms with Crippen molar-refractivity contribution in [2.75, 3.05) is 17.7 Å². The van der Waals surface area contributed by atoms with E-state index in [9.17, 15) is 9.59 Å². The third kappa shape index (κ3) is 4.70. The molecule has 3 amide bonds. The standard InChI is InChI=1S/C26H26N4O5/c1-14(34-20-12-13-27-25-18(20)9-11-21(31)29-25)4-10-19-15(2)22-23(24(22)35-19)30-26(32)28-16-5-7-17(33-3)8-6-16/h4-8,10,12-13,22-24H,2,9,11H2,1,3H3,(H,27,29,31)(H2,28,30,32)/b14-4+,19-10+/t22-,23-,24-/m0/s1. The van der Waals surface area contributed by atoms with Crippen molar-refractivity contribution in [3.05, 3.63) is 77.9 Å². The van der Waals surface area contributed by atoms with Crippen LogP contribution in [0.5, 0.6) is 11.5 Å². The van der Waals surface area contributed by atoms with Gasteiger partial charge < -0.3 is 30.2 Å². The third-order valence-electron chi connectivity index (χ3n) is 6.19. The highest BCUT2D eigenvalue weighted by atomic mass is 16.5. The number of aromatic nitrogens is 1. The minimum atomic E-state index is -0.294. The molecule has 9 nitrogen and oxygen atoms in total. The number of nitrogens with zero attached hydrogens (tertiary/aromatic N) is 1. The largest absolute Gasteiger partial charge is 0.497 e. The first-order valence-electron chi connectivity index (χ1n) is 11.3. The molecule has 3 aliphatic rings. The molecule has 0 spiro atoms. The van der Waals surface area contributed by atoms with Gasteiger partial charge in [0, 0.05) is 23.9 Å². The zero-order valence-electron chi connectivity index (χ0n) is 19.5. The molecule has 180 valence electrons. The molecule has 1 aromatic carbocycles. The Balaban J connectivity index is 1.15. The summed E-state index contributed by atoms with van der Waals surface area (Å²) in [6.07, 6.45) is 6.12. The SMILES string of the molecule is C=C1/C(=C\C=C(/C)Oc2ccnc3c2CCC(=O)N3)O[C@@H]2[C@@H](NC(=O)Nc3ccc(OC)cc3)[C@H]12. The fourth-order valence-electron chi connectivity index (χ4n) is 4.30. The number of methoxy groups -OCH3 is 1. The Morgan fingerprint density at radius 2 is 2.06 bits per heavy atom. The van der Waals surface area contributed by atoms with E-state index in [1.54, 1.807) is 43.6 Å². The number of hydrogen-bond acceptors (Lipinski definition) is 6. The molecule has 1 saturated carbocycles. The number of rotatable bonds is 6. The topological polar surface area (TPSA) is 111 Å². The zero-order valence-corrected chi connectivity index (χ0v) is 19.5. The van der Waals surface area contributed by atoms with E-state index in [1.807, 2.05) is 19.1 Å². The smallest absolute Gasteiger partial charge is 0.319 e. The highest BCUT2D eigenvalue weighted by Gasteiger charge is 2.60. The van der Waals surface area contributed by atoms with Gasteiger partial charge in [-0.25, -0.2) is 9.78 Å². The van der Waals surface area contributed by atoms with Gasteiger partial charge in [0.1, 0.15) is 34.9 Å². The number of pyridine rings is 1. The van der Waals surface area contributed by atoms with Gasteiger partial charge in [0.2, 0.25) is 5.91 Å². The lowest BCUT2D eigenvalue weighted by atomic mass is 10.1. The first kappa shape index (κ1) is 22.5. The van der Waals surface area contributed by atoms with Crippen LogP contribution < -0.4 is 25.4 Å². The van der Waals surface area contributed by atoms with Crippen LogP contribution in [0.1, 0.15) is 18.9 Å². The number of carbonyl (C=O) groups is 2. The Hall–Kier alpha value is -4.27. The summed E-state index contributed by atoms with van der Waals surface area (Å²) in [4.78, 5) is 28.1. The van der Waals surface area contributed by atoms with E-state index in [2.05, 4.69) is 27.5 Å². The predicted octanol–water partition coefficient (Wildman–Crippen LogP) is 3.92. The number of benzene rings is 1. The highest BCUT2D eigenvalue weighted by Crippen LogP contribution is 2.50. The van der Waals surface area contributed by atoms with Crippen molar-refractivity contribution in [2.45, 2.75) is 31.9 Å². The van der Waals surface area contributed by atoms with E-state index in [1.165, 1.54) is 0 Å². The Bertz CT molecular complexity index is 1250. The van der Waals surface area contributed by atoms with Gasteiger partial charge in [-0.3, -0.25) is 4.79 Å². The van der Waals surface area contributed by atoms with Gasteiger partial charge in [-0.2, -0.15) is 0 Å². The van der Waals surface area contributed by atoms with Gasteiger partial charge in [0.15, 0.2) is 0 Å². The summed E-state index contributed by atoms with van der Waals surface area (Å²) in [5, 5.41) is 8.52. The number of urea groups is 1. The van der Waals surface area contributed by atoms with Gasteiger partial charge >= 0.3 is 6.03 Å². The normalized spacial score (nSPS) is 23.5. The minimum absolute atomic E-state index is 0.0411. The second kappa shape index (κ2) is 9.17. The first-order chi connectivity index (χ1) is 16.9. The van der Waals surface area contributed by atoms with Crippen molar-refractivity contribution in [3.8, 4) is 11.5 Å². The number of hydrogen-bond donors (Lipinski definition) is 3. The predicted molar refractivity (Wildman–Crippen MR) is 130 cm³/mol. The molecular formula is C26H26N4O5. The number of allylic oxidation sites excluding steroid dienone is 4.